The summed E-state index contributed by atoms with van der Waals surface area (Å²) in [5.41, 5.74) is 7.02. The highest BCUT2D eigenvalue weighted by Crippen LogP contribution is 2.22. The highest BCUT2D eigenvalue weighted by atomic mass is 32.2. The van der Waals surface area contributed by atoms with Crippen molar-refractivity contribution in [3.05, 3.63) is 72.1 Å². The molecule has 0 bridgehead atoms. The molecular formula is C19H20N6O3S. The molecule has 0 spiro atoms. The average molecular weight is 412 g/mol. The van der Waals surface area contributed by atoms with E-state index < -0.39 is 15.9 Å². The van der Waals surface area contributed by atoms with E-state index in [2.05, 4.69) is 25.9 Å². The van der Waals surface area contributed by atoms with E-state index in [4.69, 9.17) is 0 Å². The van der Waals surface area contributed by atoms with Crippen LogP contribution in [0.1, 0.15) is 28.9 Å². The molecule has 1 aliphatic rings. The molecule has 1 amide bonds. The predicted molar refractivity (Wildman–Crippen MR) is 106 cm³/mol. The van der Waals surface area contributed by atoms with Crippen molar-refractivity contribution in [1.82, 2.24) is 25.1 Å². The second-order valence-corrected chi connectivity index (χ2v) is 8.50. The molecule has 4 rings (SSSR count). The number of carbonyl (C=O) groups excluding carboxylic acids is 1. The molecule has 3 N–H and O–H groups in total. The van der Waals surface area contributed by atoms with Crippen LogP contribution in [0.4, 0.5) is 5.69 Å². The summed E-state index contributed by atoms with van der Waals surface area (Å²) >= 11 is 0. The zero-order valence-electron chi connectivity index (χ0n) is 15.4. The van der Waals surface area contributed by atoms with Gasteiger partial charge in [-0.3, -0.25) is 15.6 Å². The first kappa shape index (κ1) is 19.1. The van der Waals surface area contributed by atoms with Gasteiger partial charge in [0, 0.05) is 6.04 Å². The van der Waals surface area contributed by atoms with Crippen LogP contribution in [-0.2, 0) is 16.6 Å². The Morgan fingerprint density at radius 2 is 1.79 bits per heavy atom. The van der Waals surface area contributed by atoms with Gasteiger partial charge in [0.15, 0.2) is 5.69 Å². The van der Waals surface area contributed by atoms with Crippen LogP contribution in [0.3, 0.4) is 0 Å². The first-order valence-corrected chi connectivity index (χ1v) is 10.6. The molecule has 1 heterocycles. The standard InChI is InChI=1S/C19H20N6O3S/c26-19(18-13-25(24-21-18)12-14-4-2-1-3-5-14)22-20-15-8-10-17(11-9-15)29(27,28)23-16-6-7-16/h1-5,8-11,13,16,20,23H,6-7,12H2,(H,22,26). The van der Waals surface area contributed by atoms with E-state index in [-0.39, 0.29) is 16.6 Å². The van der Waals surface area contributed by atoms with E-state index in [0.29, 0.717) is 12.2 Å². The van der Waals surface area contributed by atoms with Crippen molar-refractivity contribution in [1.29, 1.82) is 0 Å². The summed E-state index contributed by atoms with van der Waals surface area (Å²) in [4.78, 5) is 12.4. The van der Waals surface area contributed by atoms with Crippen molar-refractivity contribution < 1.29 is 13.2 Å². The number of hydrogen-bond acceptors (Lipinski definition) is 6. The van der Waals surface area contributed by atoms with Crippen molar-refractivity contribution >= 4 is 21.6 Å². The van der Waals surface area contributed by atoms with Crippen LogP contribution >= 0.6 is 0 Å². The molecule has 0 aliphatic heterocycles. The Bertz CT molecular complexity index is 1090. The molecule has 1 aliphatic carbocycles. The third-order valence-electron chi connectivity index (χ3n) is 4.34. The number of rotatable bonds is 8. The summed E-state index contributed by atoms with van der Waals surface area (Å²) in [6.07, 6.45) is 3.31. The van der Waals surface area contributed by atoms with Gasteiger partial charge in [-0.15, -0.1) is 5.10 Å². The summed E-state index contributed by atoms with van der Waals surface area (Å²) in [5.74, 6) is -0.448. The van der Waals surface area contributed by atoms with Crippen molar-refractivity contribution in [3.63, 3.8) is 0 Å². The lowest BCUT2D eigenvalue weighted by atomic mass is 10.2. The number of anilines is 1. The lowest BCUT2D eigenvalue weighted by Gasteiger charge is -2.09. The van der Waals surface area contributed by atoms with Crippen LogP contribution in [0.15, 0.2) is 65.7 Å². The molecule has 0 saturated heterocycles. The van der Waals surface area contributed by atoms with E-state index in [1.807, 2.05) is 30.3 Å². The molecule has 0 atom stereocenters. The lowest BCUT2D eigenvalue weighted by Crippen LogP contribution is -2.29. The van der Waals surface area contributed by atoms with E-state index in [0.717, 1.165) is 18.4 Å². The minimum atomic E-state index is -3.50. The van der Waals surface area contributed by atoms with Crippen LogP contribution < -0.4 is 15.6 Å². The zero-order chi connectivity index (χ0) is 20.3. The van der Waals surface area contributed by atoms with Gasteiger partial charge in [-0.05, 0) is 42.7 Å². The summed E-state index contributed by atoms with van der Waals surface area (Å²) < 4.78 is 28.5. The van der Waals surface area contributed by atoms with Gasteiger partial charge >= 0.3 is 0 Å². The second kappa shape index (κ2) is 8.02. The molecule has 0 radical (unpaired) electrons. The Hall–Kier alpha value is -3.24. The van der Waals surface area contributed by atoms with Gasteiger partial charge in [-0.25, -0.2) is 17.8 Å². The van der Waals surface area contributed by atoms with Gasteiger partial charge in [0.05, 0.1) is 23.3 Å². The van der Waals surface area contributed by atoms with Gasteiger partial charge < -0.3 is 0 Å². The molecule has 29 heavy (non-hydrogen) atoms. The number of hydrazine groups is 1. The molecular weight excluding hydrogens is 392 g/mol. The van der Waals surface area contributed by atoms with Crippen molar-refractivity contribution in [3.8, 4) is 0 Å². The molecule has 1 fully saturated rings. The number of nitrogens with one attached hydrogen (secondary N) is 3. The number of benzene rings is 2. The van der Waals surface area contributed by atoms with Crippen LogP contribution in [-0.4, -0.2) is 35.4 Å². The molecule has 1 saturated carbocycles. The average Bonchev–Trinajstić information content (AvgIpc) is 3.40. The Labute approximate surface area is 168 Å². The summed E-state index contributed by atoms with van der Waals surface area (Å²) in [6, 6.07) is 15.9. The van der Waals surface area contributed by atoms with E-state index in [9.17, 15) is 13.2 Å². The third kappa shape index (κ3) is 4.98. The highest BCUT2D eigenvalue weighted by molar-refractivity contribution is 7.89. The first-order chi connectivity index (χ1) is 14.0. The van der Waals surface area contributed by atoms with Gasteiger partial charge in [0.1, 0.15) is 0 Å². The van der Waals surface area contributed by atoms with Crippen LogP contribution in [0.2, 0.25) is 0 Å². The van der Waals surface area contributed by atoms with Crippen LogP contribution in [0.25, 0.3) is 0 Å². The smallest absolute Gasteiger partial charge is 0.291 e. The van der Waals surface area contributed by atoms with Crippen LogP contribution in [0.5, 0.6) is 0 Å². The monoisotopic (exact) mass is 412 g/mol. The highest BCUT2D eigenvalue weighted by Gasteiger charge is 2.27. The fourth-order valence-electron chi connectivity index (χ4n) is 2.65. The first-order valence-electron chi connectivity index (χ1n) is 9.12. The van der Waals surface area contributed by atoms with Gasteiger partial charge in [0.2, 0.25) is 10.0 Å². The molecule has 9 nitrogen and oxygen atoms in total. The Kier molecular flexibility index (Phi) is 5.28. The zero-order valence-corrected chi connectivity index (χ0v) is 16.3. The quantitative estimate of drug-likeness (QED) is 0.483. The minimum Gasteiger partial charge on any atom is -0.298 e. The Morgan fingerprint density at radius 1 is 1.07 bits per heavy atom. The number of hydrogen-bond donors (Lipinski definition) is 3. The summed E-state index contributed by atoms with van der Waals surface area (Å²) in [7, 11) is -3.50. The lowest BCUT2D eigenvalue weighted by molar-refractivity contribution is 0.0957. The van der Waals surface area contributed by atoms with Crippen molar-refractivity contribution in [2.45, 2.75) is 30.3 Å². The maximum absolute atomic E-state index is 12.2. The molecule has 2 aromatic carbocycles. The number of aromatic nitrogens is 3. The molecule has 10 heteroatoms. The number of carbonyl (C=O) groups is 1. The molecule has 3 aromatic rings. The number of amides is 1. The largest absolute Gasteiger partial charge is 0.298 e. The molecule has 1 aromatic heterocycles. The van der Waals surface area contributed by atoms with Crippen molar-refractivity contribution in [2.75, 3.05) is 5.43 Å². The van der Waals surface area contributed by atoms with E-state index in [1.165, 1.54) is 12.1 Å². The molecule has 0 unspecified atom stereocenters. The summed E-state index contributed by atoms with van der Waals surface area (Å²) in [6.45, 7) is 0.513. The summed E-state index contributed by atoms with van der Waals surface area (Å²) in [5, 5.41) is 7.84. The topological polar surface area (TPSA) is 118 Å². The fraction of sp³-hybridized carbons (Fsp3) is 0.211. The third-order valence-corrected chi connectivity index (χ3v) is 5.88. The van der Waals surface area contributed by atoms with Gasteiger partial charge in [-0.1, -0.05) is 35.5 Å². The van der Waals surface area contributed by atoms with Gasteiger partial charge in [-0.2, -0.15) is 0 Å². The SMILES string of the molecule is O=C(NNc1ccc(S(=O)(=O)NC2CC2)cc1)c1cn(Cc2ccccc2)nn1. The molecule has 150 valence electrons. The van der Waals surface area contributed by atoms with Crippen LogP contribution in [0, 0.1) is 0 Å². The predicted octanol–water partition coefficient (Wildman–Crippen LogP) is 1.52. The van der Waals surface area contributed by atoms with E-state index in [1.54, 1.807) is 23.0 Å². The maximum Gasteiger partial charge on any atom is 0.291 e. The maximum atomic E-state index is 12.2. The Balaban J connectivity index is 1.32. The number of sulfonamides is 1. The minimum absolute atomic E-state index is 0.0485. The van der Waals surface area contributed by atoms with Crippen molar-refractivity contribution in [2.24, 2.45) is 0 Å². The number of nitrogens with zero attached hydrogens (tertiary/aromatic N) is 3. The normalized spacial score (nSPS) is 13.8. The fourth-order valence-corrected chi connectivity index (χ4v) is 3.95. The van der Waals surface area contributed by atoms with Gasteiger partial charge in [0.25, 0.3) is 5.91 Å². The Morgan fingerprint density at radius 3 is 2.48 bits per heavy atom. The second-order valence-electron chi connectivity index (χ2n) is 6.79. The van der Waals surface area contributed by atoms with E-state index >= 15 is 0 Å².